The Labute approximate surface area is 154 Å². The maximum Gasteiger partial charge on any atom is 0.240 e. The number of rotatable bonds is 6. The van der Waals surface area contributed by atoms with Crippen LogP contribution in [0.2, 0.25) is 0 Å². The highest BCUT2D eigenvalue weighted by Crippen LogP contribution is 2.14. The third-order valence-electron chi connectivity index (χ3n) is 3.81. The monoisotopic (exact) mass is 370 g/mol. The van der Waals surface area contributed by atoms with Crippen LogP contribution in [0.15, 0.2) is 53.4 Å². The largest absolute Gasteiger partial charge is 0.345 e. The first kappa shape index (κ1) is 19.7. The molecule has 26 heavy (non-hydrogen) atoms. The van der Waals surface area contributed by atoms with Crippen molar-refractivity contribution in [3.63, 3.8) is 0 Å². The van der Waals surface area contributed by atoms with E-state index in [9.17, 15) is 13.2 Å². The molecule has 0 aliphatic heterocycles. The molecule has 6 heteroatoms. The zero-order valence-electron chi connectivity index (χ0n) is 14.9. The summed E-state index contributed by atoms with van der Waals surface area (Å²) in [6, 6.07) is 14.4. The summed E-state index contributed by atoms with van der Waals surface area (Å²) < 4.78 is 26.9. The molecule has 0 aliphatic rings. The van der Waals surface area contributed by atoms with Crippen LogP contribution in [-0.4, -0.2) is 27.4 Å². The van der Waals surface area contributed by atoms with Crippen LogP contribution < -0.4 is 10.0 Å². The Kier molecular flexibility index (Phi) is 6.96. The molecule has 0 saturated carbocycles. The molecule has 2 N–H and O–H groups in total. The first-order valence-corrected chi connectivity index (χ1v) is 9.74. The lowest BCUT2D eigenvalue weighted by Crippen LogP contribution is -2.31. The van der Waals surface area contributed by atoms with E-state index in [1.165, 1.54) is 0 Å². The van der Waals surface area contributed by atoms with Gasteiger partial charge in [0.2, 0.25) is 15.9 Å². The van der Waals surface area contributed by atoms with Gasteiger partial charge in [-0.25, -0.2) is 13.1 Å². The van der Waals surface area contributed by atoms with E-state index in [4.69, 9.17) is 0 Å². The smallest absolute Gasteiger partial charge is 0.240 e. The van der Waals surface area contributed by atoms with Crippen molar-refractivity contribution in [3.8, 4) is 11.8 Å². The fourth-order valence-electron chi connectivity index (χ4n) is 2.16. The second kappa shape index (κ2) is 9.18. The maximum atomic E-state index is 12.2. The standard InChI is InChI=1S/C20H22N2O3S/c1-16-10-11-19(15-17(16)2)26(24,25)22-14-12-20(23)21-13-6-9-18-7-4-3-5-8-18/h3-5,7-8,10-11,15,22H,12-14H2,1-2H3,(H,21,23). The summed E-state index contributed by atoms with van der Waals surface area (Å²) in [6.45, 7) is 4.04. The maximum absolute atomic E-state index is 12.2. The summed E-state index contributed by atoms with van der Waals surface area (Å²) >= 11 is 0. The summed E-state index contributed by atoms with van der Waals surface area (Å²) in [7, 11) is -3.61. The van der Waals surface area contributed by atoms with Crippen molar-refractivity contribution < 1.29 is 13.2 Å². The second-order valence-electron chi connectivity index (χ2n) is 5.84. The molecule has 5 nitrogen and oxygen atoms in total. The number of carbonyl (C=O) groups excluding carboxylic acids is 1. The van der Waals surface area contributed by atoms with Gasteiger partial charge in [-0.2, -0.15) is 0 Å². The van der Waals surface area contributed by atoms with Crippen molar-refractivity contribution >= 4 is 15.9 Å². The van der Waals surface area contributed by atoms with E-state index in [0.29, 0.717) is 0 Å². The van der Waals surface area contributed by atoms with Crippen LogP contribution in [0, 0.1) is 25.7 Å². The molecule has 0 saturated heterocycles. The number of hydrogen-bond acceptors (Lipinski definition) is 3. The van der Waals surface area contributed by atoms with Gasteiger partial charge in [0.05, 0.1) is 11.4 Å². The van der Waals surface area contributed by atoms with E-state index in [2.05, 4.69) is 21.9 Å². The lowest BCUT2D eigenvalue weighted by Gasteiger charge is -2.08. The average Bonchev–Trinajstić information content (AvgIpc) is 2.62. The summed E-state index contributed by atoms with van der Waals surface area (Å²) in [5, 5.41) is 2.65. The molecule has 2 rings (SSSR count). The number of benzene rings is 2. The van der Waals surface area contributed by atoms with E-state index < -0.39 is 10.0 Å². The minimum absolute atomic E-state index is 0.0349. The minimum atomic E-state index is -3.61. The topological polar surface area (TPSA) is 75.3 Å². The van der Waals surface area contributed by atoms with E-state index in [0.717, 1.165) is 16.7 Å². The second-order valence-corrected chi connectivity index (χ2v) is 7.61. The van der Waals surface area contributed by atoms with E-state index in [1.54, 1.807) is 18.2 Å². The molecular weight excluding hydrogens is 348 g/mol. The molecule has 1 amide bonds. The normalized spacial score (nSPS) is 10.7. The molecule has 0 unspecified atom stereocenters. The fraction of sp³-hybridized carbons (Fsp3) is 0.250. The first-order valence-electron chi connectivity index (χ1n) is 8.26. The molecule has 0 fully saturated rings. The van der Waals surface area contributed by atoms with Crippen LogP contribution in [0.25, 0.3) is 0 Å². The van der Waals surface area contributed by atoms with Gasteiger partial charge in [0, 0.05) is 18.5 Å². The number of sulfonamides is 1. The van der Waals surface area contributed by atoms with Gasteiger partial charge in [-0.3, -0.25) is 4.79 Å². The Morgan fingerprint density at radius 1 is 1.04 bits per heavy atom. The number of hydrogen-bond donors (Lipinski definition) is 2. The van der Waals surface area contributed by atoms with Crippen molar-refractivity contribution in [3.05, 3.63) is 65.2 Å². The molecule has 0 atom stereocenters. The van der Waals surface area contributed by atoms with Gasteiger partial charge in [0.15, 0.2) is 0 Å². The zero-order valence-corrected chi connectivity index (χ0v) is 15.7. The summed E-state index contributed by atoms with van der Waals surface area (Å²) in [5.74, 6) is 5.54. The highest BCUT2D eigenvalue weighted by molar-refractivity contribution is 7.89. The van der Waals surface area contributed by atoms with Crippen LogP contribution >= 0.6 is 0 Å². The average molecular weight is 370 g/mol. The summed E-state index contributed by atoms with van der Waals surface area (Å²) in [6.07, 6.45) is 0.0527. The third kappa shape index (κ3) is 6.03. The van der Waals surface area contributed by atoms with Gasteiger partial charge in [0.25, 0.3) is 0 Å². The Bertz CT molecular complexity index is 927. The molecule has 0 heterocycles. The Hall–Kier alpha value is -2.62. The number of aryl methyl sites for hydroxylation is 2. The van der Waals surface area contributed by atoms with Gasteiger partial charge in [-0.1, -0.05) is 36.1 Å². The highest BCUT2D eigenvalue weighted by Gasteiger charge is 2.14. The van der Waals surface area contributed by atoms with Crippen LogP contribution in [0.5, 0.6) is 0 Å². The molecule has 0 radical (unpaired) electrons. The van der Waals surface area contributed by atoms with Crippen LogP contribution in [0.3, 0.4) is 0 Å². The molecule has 2 aromatic carbocycles. The van der Waals surface area contributed by atoms with Gasteiger partial charge in [0.1, 0.15) is 0 Å². The van der Waals surface area contributed by atoms with Crippen LogP contribution in [0.1, 0.15) is 23.1 Å². The number of amides is 1. The van der Waals surface area contributed by atoms with Gasteiger partial charge in [-0.05, 0) is 49.2 Å². The van der Waals surface area contributed by atoms with Crippen LogP contribution in [0.4, 0.5) is 0 Å². The van der Waals surface area contributed by atoms with Gasteiger partial charge >= 0.3 is 0 Å². The quantitative estimate of drug-likeness (QED) is 0.765. The Morgan fingerprint density at radius 2 is 1.77 bits per heavy atom. The van der Waals surface area contributed by atoms with Crippen molar-refractivity contribution in [2.24, 2.45) is 0 Å². The predicted molar refractivity (Wildman–Crippen MR) is 102 cm³/mol. The minimum Gasteiger partial charge on any atom is -0.345 e. The molecule has 2 aromatic rings. The van der Waals surface area contributed by atoms with E-state index in [1.807, 2.05) is 44.2 Å². The molecule has 0 spiro atoms. The molecule has 0 bridgehead atoms. The van der Waals surface area contributed by atoms with Crippen molar-refractivity contribution in [1.82, 2.24) is 10.0 Å². The molecule has 0 aliphatic carbocycles. The molecule has 136 valence electrons. The zero-order chi connectivity index (χ0) is 19.0. The Morgan fingerprint density at radius 3 is 2.46 bits per heavy atom. The summed E-state index contributed by atoms with van der Waals surface area (Å²) in [5.41, 5.74) is 2.81. The highest BCUT2D eigenvalue weighted by atomic mass is 32.2. The van der Waals surface area contributed by atoms with Crippen molar-refractivity contribution in [1.29, 1.82) is 0 Å². The number of carbonyl (C=O) groups is 1. The SMILES string of the molecule is Cc1ccc(S(=O)(=O)NCCC(=O)NCC#Cc2ccccc2)cc1C. The lowest BCUT2D eigenvalue weighted by atomic mass is 10.1. The third-order valence-corrected chi connectivity index (χ3v) is 5.27. The molecular formula is C20H22N2O3S. The molecule has 0 aromatic heterocycles. The van der Waals surface area contributed by atoms with E-state index in [-0.39, 0.29) is 30.3 Å². The summed E-state index contributed by atoms with van der Waals surface area (Å²) in [4.78, 5) is 12.0. The lowest BCUT2D eigenvalue weighted by molar-refractivity contribution is -0.120. The fourth-order valence-corrected chi connectivity index (χ4v) is 3.28. The Balaban J connectivity index is 1.77. The van der Waals surface area contributed by atoms with Gasteiger partial charge in [-0.15, -0.1) is 0 Å². The predicted octanol–water partition coefficient (Wildman–Crippen LogP) is 2.14. The van der Waals surface area contributed by atoms with Gasteiger partial charge < -0.3 is 5.32 Å². The first-order chi connectivity index (χ1) is 12.4. The number of nitrogens with one attached hydrogen (secondary N) is 2. The van der Waals surface area contributed by atoms with Crippen molar-refractivity contribution in [2.75, 3.05) is 13.1 Å². The van der Waals surface area contributed by atoms with Crippen LogP contribution in [-0.2, 0) is 14.8 Å². The van der Waals surface area contributed by atoms with Crippen molar-refractivity contribution in [2.45, 2.75) is 25.2 Å². The van der Waals surface area contributed by atoms with E-state index >= 15 is 0 Å².